The van der Waals surface area contributed by atoms with Crippen LogP contribution < -0.4 is 4.74 Å². The number of hydrogen-bond acceptors (Lipinski definition) is 2. The minimum Gasteiger partial charge on any atom is -0.489 e. The van der Waals surface area contributed by atoms with Crippen molar-refractivity contribution in [3.8, 4) is 5.75 Å². The molecule has 3 heteroatoms. The fourth-order valence-corrected chi connectivity index (χ4v) is 2.74. The van der Waals surface area contributed by atoms with Crippen molar-refractivity contribution in [2.75, 3.05) is 0 Å². The maximum atomic E-state index is 5.97. The molecule has 0 unspecified atom stereocenters. The highest BCUT2D eigenvalue weighted by atomic mass is 79.9. The minimum absolute atomic E-state index is 0.398. The van der Waals surface area contributed by atoms with Crippen LogP contribution in [0.4, 0.5) is 0 Å². The Morgan fingerprint density at radius 1 is 1.29 bits per heavy atom. The van der Waals surface area contributed by atoms with Crippen LogP contribution in [0.5, 0.6) is 5.75 Å². The summed E-state index contributed by atoms with van der Waals surface area (Å²) in [6, 6.07) is 4.04. The van der Waals surface area contributed by atoms with E-state index in [1.165, 1.54) is 32.1 Å². The predicted molar refractivity (Wildman–Crippen MR) is 73.5 cm³/mol. The summed E-state index contributed by atoms with van der Waals surface area (Å²) in [6.07, 6.45) is 8.56. The fraction of sp³-hybridized carbons (Fsp3) is 0.643. The molecular weight excluding hydrogens is 278 g/mol. The molecule has 1 aromatic heterocycles. The van der Waals surface area contributed by atoms with E-state index in [9.17, 15) is 0 Å². The van der Waals surface area contributed by atoms with Gasteiger partial charge in [-0.2, -0.15) is 0 Å². The molecule has 1 aliphatic carbocycles. The third kappa shape index (κ3) is 3.70. The molecule has 1 aromatic rings. The Morgan fingerprint density at radius 2 is 2.06 bits per heavy atom. The fourth-order valence-electron chi connectivity index (χ4n) is 2.41. The minimum atomic E-state index is 0.398. The molecule has 0 aliphatic heterocycles. The first kappa shape index (κ1) is 12.9. The van der Waals surface area contributed by atoms with Gasteiger partial charge >= 0.3 is 0 Å². The number of rotatable bonds is 4. The molecule has 0 radical (unpaired) electrons. The highest BCUT2D eigenvalue weighted by Gasteiger charge is 2.21. The second-order valence-electron chi connectivity index (χ2n) is 4.79. The maximum Gasteiger partial charge on any atom is 0.138 e. The van der Waals surface area contributed by atoms with Gasteiger partial charge in [-0.1, -0.05) is 29.3 Å². The standard InChI is InChI=1S/C14H20BrNO/c1-2-11-3-6-13(7-4-11)17-14-8-5-12(9-15)16-10-14/h5,8,10-11,13H,2-4,6-7,9H2,1H3. The number of aromatic nitrogens is 1. The van der Waals surface area contributed by atoms with Gasteiger partial charge < -0.3 is 4.74 Å². The number of ether oxygens (including phenoxy) is 1. The normalized spacial score (nSPS) is 24.6. The van der Waals surface area contributed by atoms with Gasteiger partial charge in [0.1, 0.15) is 5.75 Å². The van der Waals surface area contributed by atoms with E-state index in [4.69, 9.17) is 4.74 Å². The summed E-state index contributed by atoms with van der Waals surface area (Å²) in [6.45, 7) is 2.29. The lowest BCUT2D eigenvalue weighted by atomic mass is 9.86. The van der Waals surface area contributed by atoms with Crippen LogP contribution in [0.1, 0.15) is 44.7 Å². The van der Waals surface area contributed by atoms with Crippen LogP contribution in [0.15, 0.2) is 18.3 Å². The van der Waals surface area contributed by atoms with E-state index >= 15 is 0 Å². The van der Waals surface area contributed by atoms with Gasteiger partial charge in [0.2, 0.25) is 0 Å². The van der Waals surface area contributed by atoms with Gasteiger partial charge in [0, 0.05) is 5.33 Å². The summed E-state index contributed by atoms with van der Waals surface area (Å²) >= 11 is 3.39. The van der Waals surface area contributed by atoms with Gasteiger partial charge in [0.25, 0.3) is 0 Å². The maximum absolute atomic E-state index is 5.97. The molecule has 2 nitrogen and oxygen atoms in total. The molecule has 94 valence electrons. The van der Waals surface area contributed by atoms with Gasteiger partial charge in [0.05, 0.1) is 18.0 Å². The van der Waals surface area contributed by atoms with Gasteiger partial charge in [-0.15, -0.1) is 0 Å². The second-order valence-corrected chi connectivity index (χ2v) is 5.35. The summed E-state index contributed by atoms with van der Waals surface area (Å²) in [5, 5.41) is 0.800. The smallest absolute Gasteiger partial charge is 0.138 e. The number of halogens is 1. The SMILES string of the molecule is CCC1CCC(Oc2ccc(CBr)nc2)CC1. The van der Waals surface area contributed by atoms with Crippen molar-refractivity contribution in [1.82, 2.24) is 4.98 Å². The molecule has 1 heterocycles. The molecule has 0 N–H and O–H groups in total. The van der Waals surface area contributed by atoms with Crippen LogP contribution >= 0.6 is 15.9 Å². The van der Waals surface area contributed by atoms with Crippen molar-refractivity contribution in [3.63, 3.8) is 0 Å². The highest BCUT2D eigenvalue weighted by Crippen LogP contribution is 2.29. The zero-order valence-corrected chi connectivity index (χ0v) is 11.9. The van der Waals surface area contributed by atoms with E-state index in [1.807, 2.05) is 18.3 Å². The molecule has 0 bridgehead atoms. The molecule has 0 saturated heterocycles. The van der Waals surface area contributed by atoms with Crippen molar-refractivity contribution in [3.05, 3.63) is 24.0 Å². The number of pyridine rings is 1. The summed E-state index contributed by atoms with van der Waals surface area (Å²) in [4.78, 5) is 4.32. The zero-order valence-electron chi connectivity index (χ0n) is 10.4. The van der Waals surface area contributed by atoms with Crippen LogP contribution in [0.25, 0.3) is 0 Å². The van der Waals surface area contributed by atoms with Crippen molar-refractivity contribution < 1.29 is 4.74 Å². The molecule has 0 aromatic carbocycles. The monoisotopic (exact) mass is 297 g/mol. The Hall–Kier alpha value is -0.570. The average molecular weight is 298 g/mol. The predicted octanol–water partition coefficient (Wildman–Crippen LogP) is 4.32. The van der Waals surface area contributed by atoms with Gasteiger partial charge in [-0.05, 0) is 43.7 Å². The number of hydrogen-bond donors (Lipinski definition) is 0. The van der Waals surface area contributed by atoms with Crippen LogP contribution in [-0.4, -0.2) is 11.1 Å². The lowest BCUT2D eigenvalue weighted by Crippen LogP contribution is -2.23. The third-order valence-electron chi connectivity index (χ3n) is 3.61. The molecule has 2 rings (SSSR count). The Morgan fingerprint density at radius 3 is 2.59 bits per heavy atom. The quantitative estimate of drug-likeness (QED) is 0.772. The molecule has 0 spiro atoms. The largest absolute Gasteiger partial charge is 0.489 e. The number of alkyl halides is 1. The topological polar surface area (TPSA) is 22.1 Å². The van der Waals surface area contributed by atoms with Crippen molar-refractivity contribution in [2.45, 2.75) is 50.5 Å². The second kappa shape index (κ2) is 6.39. The van der Waals surface area contributed by atoms with Crippen LogP contribution in [0.3, 0.4) is 0 Å². The van der Waals surface area contributed by atoms with E-state index in [1.54, 1.807) is 0 Å². The van der Waals surface area contributed by atoms with Gasteiger partial charge in [0.15, 0.2) is 0 Å². The lowest BCUT2D eigenvalue weighted by molar-refractivity contribution is 0.129. The number of nitrogens with zero attached hydrogens (tertiary/aromatic N) is 1. The van der Waals surface area contributed by atoms with Crippen LogP contribution in [0.2, 0.25) is 0 Å². The molecule has 1 saturated carbocycles. The first-order chi connectivity index (χ1) is 8.31. The molecule has 0 amide bonds. The van der Waals surface area contributed by atoms with E-state index in [0.717, 1.165) is 22.7 Å². The third-order valence-corrected chi connectivity index (χ3v) is 4.18. The van der Waals surface area contributed by atoms with Crippen LogP contribution in [0, 0.1) is 5.92 Å². The average Bonchev–Trinajstić information content (AvgIpc) is 2.40. The van der Waals surface area contributed by atoms with E-state index < -0.39 is 0 Å². The van der Waals surface area contributed by atoms with Crippen molar-refractivity contribution in [2.24, 2.45) is 5.92 Å². The highest BCUT2D eigenvalue weighted by molar-refractivity contribution is 9.08. The van der Waals surface area contributed by atoms with Gasteiger partial charge in [-0.3, -0.25) is 4.98 Å². The molecule has 1 aliphatic rings. The summed E-state index contributed by atoms with van der Waals surface area (Å²) in [5.74, 6) is 1.83. The Labute approximate surface area is 112 Å². The van der Waals surface area contributed by atoms with E-state index in [-0.39, 0.29) is 0 Å². The summed E-state index contributed by atoms with van der Waals surface area (Å²) < 4.78 is 5.97. The molecule has 0 atom stereocenters. The lowest BCUT2D eigenvalue weighted by Gasteiger charge is -2.28. The van der Waals surface area contributed by atoms with E-state index in [2.05, 4.69) is 27.8 Å². The Bertz CT molecular complexity index is 331. The van der Waals surface area contributed by atoms with E-state index in [0.29, 0.717) is 6.10 Å². The summed E-state index contributed by atoms with van der Waals surface area (Å²) in [5.41, 5.74) is 1.05. The van der Waals surface area contributed by atoms with Crippen molar-refractivity contribution >= 4 is 15.9 Å². The summed E-state index contributed by atoms with van der Waals surface area (Å²) in [7, 11) is 0. The Balaban J connectivity index is 1.84. The van der Waals surface area contributed by atoms with Crippen LogP contribution in [-0.2, 0) is 5.33 Å². The zero-order chi connectivity index (χ0) is 12.1. The molecule has 1 fully saturated rings. The van der Waals surface area contributed by atoms with Crippen molar-refractivity contribution in [1.29, 1.82) is 0 Å². The molecular formula is C14H20BrNO. The van der Waals surface area contributed by atoms with Gasteiger partial charge in [-0.25, -0.2) is 0 Å². The molecule has 17 heavy (non-hydrogen) atoms. The first-order valence-corrected chi connectivity index (χ1v) is 7.61. The Kier molecular flexibility index (Phi) is 4.84. The first-order valence-electron chi connectivity index (χ1n) is 6.49.